The largest absolute Gasteiger partial charge is 0.324 e. The van der Waals surface area contributed by atoms with Gasteiger partial charge in [-0.2, -0.15) is 0 Å². The average Bonchev–Trinajstić information content (AvgIpc) is 2.65. The SMILES string of the molecule is Cc1cc(F)ccc1N1CN(c2ccc(=O)[nH]c2C)C(=O)c2cc(Cl)c(Cl)nc21. The van der Waals surface area contributed by atoms with E-state index < -0.39 is 0 Å². The summed E-state index contributed by atoms with van der Waals surface area (Å²) in [4.78, 5) is 35.1. The summed E-state index contributed by atoms with van der Waals surface area (Å²) in [6, 6.07) is 8.76. The van der Waals surface area contributed by atoms with Gasteiger partial charge in [-0.25, -0.2) is 9.37 Å². The zero-order valence-corrected chi connectivity index (χ0v) is 17.0. The first-order chi connectivity index (χ1) is 13.8. The monoisotopic (exact) mass is 432 g/mol. The summed E-state index contributed by atoms with van der Waals surface area (Å²) in [7, 11) is 0. The van der Waals surface area contributed by atoms with E-state index in [9.17, 15) is 14.0 Å². The van der Waals surface area contributed by atoms with Crippen LogP contribution in [0.2, 0.25) is 10.2 Å². The molecule has 6 nitrogen and oxygen atoms in total. The highest BCUT2D eigenvalue weighted by Crippen LogP contribution is 2.38. The summed E-state index contributed by atoms with van der Waals surface area (Å²) >= 11 is 12.2. The number of benzene rings is 1. The van der Waals surface area contributed by atoms with Gasteiger partial charge < -0.3 is 9.88 Å². The maximum atomic E-state index is 13.7. The van der Waals surface area contributed by atoms with E-state index in [1.807, 2.05) is 0 Å². The Morgan fingerprint density at radius 2 is 1.76 bits per heavy atom. The van der Waals surface area contributed by atoms with E-state index in [0.717, 1.165) is 0 Å². The van der Waals surface area contributed by atoms with Gasteiger partial charge in [-0.3, -0.25) is 14.5 Å². The summed E-state index contributed by atoms with van der Waals surface area (Å²) < 4.78 is 13.7. The van der Waals surface area contributed by atoms with E-state index in [1.54, 1.807) is 30.9 Å². The molecule has 0 radical (unpaired) electrons. The molecule has 29 heavy (non-hydrogen) atoms. The van der Waals surface area contributed by atoms with E-state index in [-0.39, 0.29) is 39.7 Å². The van der Waals surface area contributed by atoms with E-state index in [2.05, 4.69) is 9.97 Å². The first-order valence-electron chi connectivity index (χ1n) is 8.68. The summed E-state index contributed by atoms with van der Waals surface area (Å²) in [6.07, 6.45) is 0. The molecule has 1 aliphatic rings. The number of halogens is 3. The smallest absolute Gasteiger partial charge is 0.263 e. The fourth-order valence-corrected chi connectivity index (χ4v) is 3.68. The molecule has 0 saturated heterocycles. The van der Waals surface area contributed by atoms with Crippen LogP contribution in [0, 0.1) is 19.7 Å². The van der Waals surface area contributed by atoms with Gasteiger partial charge in [-0.15, -0.1) is 0 Å². The van der Waals surface area contributed by atoms with Gasteiger partial charge in [-0.05, 0) is 49.7 Å². The minimum atomic E-state index is -0.366. The maximum Gasteiger partial charge on any atom is 0.263 e. The predicted molar refractivity (Wildman–Crippen MR) is 111 cm³/mol. The highest BCUT2D eigenvalue weighted by atomic mass is 35.5. The van der Waals surface area contributed by atoms with Crippen molar-refractivity contribution in [3.63, 3.8) is 0 Å². The van der Waals surface area contributed by atoms with Gasteiger partial charge in [0.05, 0.1) is 16.3 Å². The minimum Gasteiger partial charge on any atom is -0.324 e. The molecule has 0 fully saturated rings. The number of nitrogens with one attached hydrogen (secondary N) is 1. The number of H-pyrrole nitrogens is 1. The lowest BCUT2D eigenvalue weighted by atomic mass is 10.1. The molecule has 0 spiro atoms. The molecule has 3 heterocycles. The highest BCUT2D eigenvalue weighted by molar-refractivity contribution is 6.41. The Balaban J connectivity index is 1.93. The van der Waals surface area contributed by atoms with Crippen molar-refractivity contribution < 1.29 is 9.18 Å². The topological polar surface area (TPSA) is 69.3 Å². The van der Waals surface area contributed by atoms with Crippen LogP contribution in [-0.2, 0) is 0 Å². The molecule has 3 aromatic rings. The number of amides is 1. The number of hydrogen-bond acceptors (Lipinski definition) is 4. The van der Waals surface area contributed by atoms with Gasteiger partial charge in [0.1, 0.15) is 23.5 Å². The summed E-state index contributed by atoms with van der Waals surface area (Å²) in [6.45, 7) is 3.57. The number of nitrogens with zero attached hydrogens (tertiary/aromatic N) is 3. The van der Waals surface area contributed by atoms with Crippen molar-refractivity contribution in [2.75, 3.05) is 16.5 Å². The third kappa shape index (κ3) is 3.36. The van der Waals surface area contributed by atoms with Gasteiger partial charge in [0.25, 0.3) is 5.91 Å². The number of pyridine rings is 2. The van der Waals surface area contributed by atoms with Gasteiger partial charge in [0, 0.05) is 17.4 Å². The van der Waals surface area contributed by atoms with Crippen LogP contribution < -0.4 is 15.4 Å². The Morgan fingerprint density at radius 1 is 1.03 bits per heavy atom. The molecule has 1 aliphatic heterocycles. The second-order valence-corrected chi connectivity index (χ2v) is 7.46. The normalized spacial score (nSPS) is 13.6. The molecule has 1 amide bonds. The fraction of sp³-hybridized carbons (Fsp3) is 0.150. The second kappa shape index (κ2) is 7.17. The van der Waals surface area contributed by atoms with Crippen LogP contribution in [0.1, 0.15) is 21.6 Å². The molecule has 1 aromatic carbocycles. The number of fused-ring (bicyclic) bond motifs is 1. The van der Waals surface area contributed by atoms with Gasteiger partial charge >= 0.3 is 0 Å². The molecule has 0 atom stereocenters. The zero-order chi connectivity index (χ0) is 20.9. The van der Waals surface area contributed by atoms with E-state index in [4.69, 9.17) is 23.2 Å². The Labute approximate surface area is 175 Å². The standard InChI is InChI=1S/C20H15Cl2FN4O2/c1-10-7-12(23)3-4-15(10)26-9-27(16-5-6-17(28)24-11(16)2)20(29)13-8-14(21)18(22)25-19(13)26/h3-8H,9H2,1-2H3,(H,24,28). The lowest BCUT2D eigenvalue weighted by Gasteiger charge is -2.38. The molecule has 4 rings (SSSR count). The quantitative estimate of drug-likeness (QED) is 0.601. The molecular formula is C20H15Cl2FN4O2. The fourth-order valence-electron chi connectivity index (χ4n) is 3.40. The van der Waals surface area contributed by atoms with Crippen LogP contribution >= 0.6 is 23.2 Å². The molecule has 0 unspecified atom stereocenters. The summed E-state index contributed by atoms with van der Waals surface area (Å²) in [5, 5.41) is 0.214. The minimum absolute atomic E-state index is 0.0663. The molecule has 148 valence electrons. The number of carbonyl (C=O) groups excluding carboxylic acids is 1. The number of anilines is 3. The van der Waals surface area contributed by atoms with Crippen molar-refractivity contribution in [2.24, 2.45) is 0 Å². The molecule has 9 heteroatoms. The van der Waals surface area contributed by atoms with Crippen LogP contribution in [0.25, 0.3) is 0 Å². The lowest BCUT2D eigenvalue weighted by molar-refractivity contribution is 0.0982. The van der Waals surface area contributed by atoms with Gasteiger partial charge in [-0.1, -0.05) is 23.2 Å². The molecule has 0 bridgehead atoms. The number of aromatic amines is 1. The van der Waals surface area contributed by atoms with Crippen LogP contribution in [0.5, 0.6) is 0 Å². The molecule has 1 N–H and O–H groups in total. The molecule has 0 saturated carbocycles. The second-order valence-electron chi connectivity index (χ2n) is 6.70. The highest BCUT2D eigenvalue weighted by Gasteiger charge is 2.34. The Hall–Kier alpha value is -2.90. The van der Waals surface area contributed by atoms with Crippen molar-refractivity contribution in [1.82, 2.24) is 9.97 Å². The Bertz CT molecular complexity index is 1210. The van der Waals surface area contributed by atoms with Crippen molar-refractivity contribution in [1.29, 1.82) is 0 Å². The number of hydrogen-bond donors (Lipinski definition) is 1. The van der Waals surface area contributed by atoms with Crippen LogP contribution in [-0.4, -0.2) is 22.5 Å². The third-order valence-electron chi connectivity index (χ3n) is 4.76. The Kier molecular flexibility index (Phi) is 4.80. The van der Waals surface area contributed by atoms with Crippen molar-refractivity contribution in [3.8, 4) is 0 Å². The van der Waals surface area contributed by atoms with Gasteiger partial charge in [0.2, 0.25) is 5.56 Å². The van der Waals surface area contributed by atoms with E-state index in [0.29, 0.717) is 28.5 Å². The molecular weight excluding hydrogens is 418 g/mol. The van der Waals surface area contributed by atoms with Crippen molar-refractivity contribution in [3.05, 3.63) is 79.6 Å². The number of aromatic nitrogens is 2. The zero-order valence-electron chi connectivity index (χ0n) is 15.5. The average molecular weight is 433 g/mol. The number of rotatable bonds is 2. The van der Waals surface area contributed by atoms with E-state index >= 15 is 0 Å². The van der Waals surface area contributed by atoms with Crippen molar-refractivity contribution >= 4 is 46.3 Å². The van der Waals surface area contributed by atoms with Gasteiger partial charge in [0.15, 0.2) is 0 Å². The number of aryl methyl sites for hydroxylation is 2. The molecule has 0 aliphatic carbocycles. The van der Waals surface area contributed by atoms with Crippen LogP contribution in [0.15, 0.2) is 41.2 Å². The van der Waals surface area contributed by atoms with Crippen molar-refractivity contribution in [2.45, 2.75) is 13.8 Å². The van der Waals surface area contributed by atoms with Crippen LogP contribution in [0.4, 0.5) is 21.6 Å². The lowest BCUT2D eigenvalue weighted by Crippen LogP contribution is -2.46. The van der Waals surface area contributed by atoms with Crippen LogP contribution in [0.3, 0.4) is 0 Å². The summed E-state index contributed by atoms with van der Waals surface area (Å²) in [5.74, 6) is -0.371. The maximum absolute atomic E-state index is 13.7. The first kappa shape index (κ1) is 19.4. The first-order valence-corrected chi connectivity index (χ1v) is 9.43. The third-order valence-corrected chi connectivity index (χ3v) is 5.43. The summed E-state index contributed by atoms with van der Waals surface area (Å²) in [5.41, 5.74) is 2.39. The number of carbonyl (C=O) groups is 1. The molecule has 2 aromatic heterocycles. The van der Waals surface area contributed by atoms with E-state index in [1.165, 1.54) is 29.2 Å². The predicted octanol–water partition coefficient (Wildman–Crippen LogP) is 4.59. The Morgan fingerprint density at radius 3 is 2.45 bits per heavy atom.